The fraction of sp³-hybridized carbons (Fsp3) is 0.429. The summed E-state index contributed by atoms with van der Waals surface area (Å²) >= 11 is 0. The van der Waals surface area contributed by atoms with Crippen LogP contribution in [-0.2, 0) is 0 Å². The number of nitrogens with zero attached hydrogens (tertiary/aromatic N) is 4. The van der Waals surface area contributed by atoms with E-state index in [0.717, 1.165) is 59.1 Å². The van der Waals surface area contributed by atoms with Crippen LogP contribution >= 0.6 is 49.6 Å². The van der Waals surface area contributed by atoms with Gasteiger partial charge in [-0.15, -0.1) is 49.6 Å². The normalized spacial score (nSPS) is 16.9. The van der Waals surface area contributed by atoms with E-state index < -0.39 is 0 Å². The Morgan fingerprint density at radius 3 is 1.19 bits per heavy atom. The number of aliphatic hydroxyl groups is 2. The van der Waals surface area contributed by atoms with Crippen molar-refractivity contribution in [3.63, 3.8) is 0 Å². The monoisotopic (exact) mass is 876 g/mol. The number of hydrogen-bond acceptors (Lipinski definition) is 10. The largest absolute Gasteiger partial charge is 0.393 e. The highest BCUT2D eigenvalue weighted by atomic mass is 35.5. The maximum Gasteiger partial charge on any atom is 0.261 e. The molecular formula is C42H52Cl4N6O6. The first kappa shape index (κ1) is 47.0. The smallest absolute Gasteiger partial charge is 0.261 e. The van der Waals surface area contributed by atoms with Crippen LogP contribution in [-0.4, -0.2) is 121 Å². The molecule has 4 aliphatic heterocycles. The van der Waals surface area contributed by atoms with Gasteiger partial charge in [-0.3, -0.25) is 29.0 Å². The molecule has 4 amide bonds. The molecule has 0 aliphatic carbocycles. The van der Waals surface area contributed by atoms with Gasteiger partial charge in [0, 0.05) is 108 Å². The van der Waals surface area contributed by atoms with E-state index in [1.54, 1.807) is 12.1 Å². The first-order valence-corrected chi connectivity index (χ1v) is 19.4. The van der Waals surface area contributed by atoms with Crippen LogP contribution in [0, 0.1) is 0 Å². The number of carbonyl (C=O) groups excluding carboxylic acids is 4. The molecule has 58 heavy (non-hydrogen) atoms. The quantitative estimate of drug-likeness (QED) is 0.101. The summed E-state index contributed by atoms with van der Waals surface area (Å²) < 4.78 is 0. The third-order valence-corrected chi connectivity index (χ3v) is 11.5. The van der Waals surface area contributed by atoms with E-state index in [2.05, 4.69) is 20.4 Å². The van der Waals surface area contributed by atoms with Crippen LogP contribution in [0.3, 0.4) is 0 Å². The Morgan fingerprint density at radius 1 is 0.483 bits per heavy atom. The summed E-state index contributed by atoms with van der Waals surface area (Å²) in [5.74, 6) is -1.05. The molecule has 0 atom stereocenters. The van der Waals surface area contributed by atoms with Gasteiger partial charge in [0.05, 0.1) is 12.2 Å². The van der Waals surface area contributed by atoms with Crippen molar-refractivity contribution in [1.29, 1.82) is 0 Å². The molecule has 16 heteroatoms. The second kappa shape index (κ2) is 20.5. The number of amides is 4. The average Bonchev–Trinajstić information content (AvgIpc) is 3.19. The molecular weight excluding hydrogens is 826 g/mol. The van der Waals surface area contributed by atoms with Crippen molar-refractivity contribution in [1.82, 2.24) is 20.4 Å². The van der Waals surface area contributed by atoms with Gasteiger partial charge in [0.2, 0.25) is 0 Å². The summed E-state index contributed by atoms with van der Waals surface area (Å²) in [6.45, 7) is 6.23. The lowest BCUT2D eigenvalue weighted by molar-refractivity contribution is 0.0593. The molecule has 0 saturated carbocycles. The van der Waals surface area contributed by atoms with E-state index in [9.17, 15) is 29.4 Å². The zero-order chi connectivity index (χ0) is 37.3. The summed E-state index contributed by atoms with van der Waals surface area (Å²) in [4.78, 5) is 61.3. The van der Waals surface area contributed by atoms with Crippen molar-refractivity contribution in [2.75, 3.05) is 75.2 Å². The summed E-state index contributed by atoms with van der Waals surface area (Å²) in [6.07, 6.45) is 3.46. The first-order chi connectivity index (χ1) is 26.3. The summed E-state index contributed by atoms with van der Waals surface area (Å²) in [7, 11) is 0. The van der Waals surface area contributed by atoms with Crippen molar-refractivity contribution in [3.8, 4) is 0 Å². The Labute approximate surface area is 363 Å². The number of piperidine rings is 2. The van der Waals surface area contributed by atoms with E-state index in [4.69, 9.17) is 0 Å². The van der Waals surface area contributed by atoms with Gasteiger partial charge in [0.15, 0.2) is 0 Å². The van der Waals surface area contributed by atoms with E-state index in [-0.39, 0.29) is 85.5 Å². The Balaban J connectivity index is 0.00000186. The van der Waals surface area contributed by atoms with Crippen LogP contribution in [0.25, 0.3) is 21.5 Å². The molecule has 12 nitrogen and oxygen atoms in total. The molecule has 8 rings (SSSR count). The summed E-state index contributed by atoms with van der Waals surface area (Å²) in [5, 5.41) is 29.9. The Hall–Kier alpha value is -3.72. The number of rotatable bonds is 13. The number of nitrogens with one attached hydrogen (secondary N) is 2. The van der Waals surface area contributed by atoms with Crippen LogP contribution in [0.1, 0.15) is 80.0 Å². The van der Waals surface area contributed by atoms with Crippen LogP contribution in [0.5, 0.6) is 0 Å². The molecule has 4 aromatic carbocycles. The highest BCUT2D eigenvalue weighted by Gasteiger charge is 2.35. The molecule has 0 bridgehead atoms. The maximum atomic E-state index is 13.5. The fourth-order valence-corrected chi connectivity index (χ4v) is 8.58. The number of benzene rings is 4. The zero-order valence-corrected chi connectivity index (χ0v) is 35.5. The summed E-state index contributed by atoms with van der Waals surface area (Å²) in [6, 6.07) is 18.9. The lowest BCUT2D eigenvalue weighted by Crippen LogP contribution is -2.42. The predicted molar refractivity (Wildman–Crippen MR) is 238 cm³/mol. The SMILES string of the molecule is Cl.Cl.Cl.Cl.O=C1c2cccc3c(N4CCC(O)CC4)ccc(c23)C(=O)N1CCCNCCNCCCN1C(=O)c2cccc3c(N4CCC(O)CC4)ccc(c23)C1=O. The number of halogens is 4. The van der Waals surface area contributed by atoms with Crippen LogP contribution < -0.4 is 20.4 Å². The van der Waals surface area contributed by atoms with E-state index in [1.807, 2.05) is 48.5 Å². The van der Waals surface area contributed by atoms with Gasteiger partial charge in [0.25, 0.3) is 23.6 Å². The fourth-order valence-electron chi connectivity index (χ4n) is 8.58. The van der Waals surface area contributed by atoms with Crippen LogP contribution in [0.2, 0.25) is 0 Å². The van der Waals surface area contributed by atoms with Crippen molar-refractivity contribution in [2.45, 2.75) is 50.7 Å². The highest BCUT2D eigenvalue weighted by Crippen LogP contribution is 2.38. The van der Waals surface area contributed by atoms with Crippen molar-refractivity contribution in [2.24, 2.45) is 0 Å². The third-order valence-electron chi connectivity index (χ3n) is 11.5. The van der Waals surface area contributed by atoms with Gasteiger partial charge < -0.3 is 30.6 Å². The Kier molecular flexibility index (Phi) is 16.6. The maximum absolute atomic E-state index is 13.5. The van der Waals surface area contributed by atoms with Crippen LogP contribution in [0.4, 0.5) is 11.4 Å². The number of imide groups is 2. The number of anilines is 2. The molecule has 0 unspecified atom stereocenters. The van der Waals surface area contributed by atoms with Gasteiger partial charge in [-0.25, -0.2) is 0 Å². The second-order valence-corrected chi connectivity index (χ2v) is 14.9. The van der Waals surface area contributed by atoms with Gasteiger partial charge in [-0.2, -0.15) is 0 Å². The average molecular weight is 879 g/mol. The van der Waals surface area contributed by atoms with Crippen molar-refractivity contribution < 1.29 is 29.4 Å². The Morgan fingerprint density at radius 2 is 0.828 bits per heavy atom. The van der Waals surface area contributed by atoms with E-state index >= 15 is 0 Å². The number of aliphatic hydroxyl groups excluding tert-OH is 2. The molecule has 314 valence electrons. The topological polar surface area (TPSA) is 146 Å². The molecule has 4 aromatic rings. The van der Waals surface area contributed by atoms with Gasteiger partial charge >= 0.3 is 0 Å². The second-order valence-electron chi connectivity index (χ2n) is 14.9. The van der Waals surface area contributed by atoms with Gasteiger partial charge in [0.1, 0.15) is 0 Å². The predicted octanol–water partition coefficient (Wildman–Crippen LogP) is 5.45. The molecule has 0 radical (unpaired) electrons. The third kappa shape index (κ3) is 9.05. The lowest BCUT2D eigenvalue weighted by atomic mass is 9.92. The van der Waals surface area contributed by atoms with Gasteiger partial charge in [-0.05, 0) is 88.0 Å². The lowest BCUT2D eigenvalue weighted by Gasteiger charge is -2.34. The van der Waals surface area contributed by atoms with Crippen molar-refractivity contribution >= 4 is 106 Å². The highest BCUT2D eigenvalue weighted by molar-refractivity contribution is 6.28. The molecule has 0 aromatic heterocycles. The first-order valence-electron chi connectivity index (χ1n) is 19.4. The molecule has 4 aliphatic rings. The minimum absolute atomic E-state index is 0. The van der Waals surface area contributed by atoms with Crippen LogP contribution in [0.15, 0.2) is 60.7 Å². The number of carbonyl (C=O) groups is 4. The molecule has 0 spiro atoms. The molecule has 4 heterocycles. The standard InChI is InChI=1S/C42H48N6O6.4ClH/c49-27-13-23-45(24-14-27)35-11-9-33-37-29(35)5-1-7-31(37)39(51)47(41(33)53)21-3-17-43-19-20-44-18-4-22-48-40(52)32-8-2-6-30-36(46-25-15-28(50)16-26-46)12-10-34(38(30)32)42(48)54;;;;/h1-2,5-12,27-28,43-44,49-50H,3-4,13-26H2;4*1H. The minimum atomic E-state index is -0.283. The molecule has 2 fully saturated rings. The summed E-state index contributed by atoms with van der Waals surface area (Å²) in [5.41, 5.74) is 4.20. The molecule has 2 saturated heterocycles. The van der Waals surface area contributed by atoms with E-state index in [1.165, 1.54) is 9.80 Å². The minimum Gasteiger partial charge on any atom is -0.393 e. The molecule has 4 N–H and O–H groups in total. The number of hydrogen-bond donors (Lipinski definition) is 4. The van der Waals surface area contributed by atoms with Crippen molar-refractivity contribution in [3.05, 3.63) is 82.9 Å². The van der Waals surface area contributed by atoms with Gasteiger partial charge in [-0.1, -0.05) is 24.3 Å². The van der Waals surface area contributed by atoms with E-state index in [0.29, 0.717) is 100 Å². The Bertz CT molecular complexity index is 1930. The zero-order valence-electron chi connectivity index (χ0n) is 32.2.